The van der Waals surface area contributed by atoms with Gasteiger partial charge in [0.05, 0.1) is 10.9 Å². The Balaban J connectivity index is 1.77. The predicted octanol–water partition coefficient (Wildman–Crippen LogP) is 2.29. The normalized spacial score (nSPS) is 17.9. The molecule has 7 heteroatoms. The molecule has 1 saturated heterocycles. The van der Waals surface area contributed by atoms with Gasteiger partial charge in [-0.05, 0) is 36.2 Å². The van der Waals surface area contributed by atoms with Crippen molar-refractivity contribution >= 4 is 16.0 Å². The minimum atomic E-state index is -3.59. The van der Waals surface area contributed by atoms with E-state index in [-0.39, 0.29) is 10.9 Å². The van der Waals surface area contributed by atoms with Crippen LogP contribution in [0.3, 0.4) is 0 Å². The first kappa shape index (κ1) is 16.5. The van der Waals surface area contributed by atoms with Crippen molar-refractivity contribution in [1.29, 1.82) is 0 Å². The average molecular weight is 347 g/mol. The molecule has 0 saturated carbocycles. The Hall–Kier alpha value is -2.38. The Morgan fingerprint density at radius 2 is 1.79 bits per heavy atom. The minimum Gasteiger partial charge on any atom is -0.482 e. The summed E-state index contributed by atoms with van der Waals surface area (Å²) in [6.45, 7) is 0.0213. The number of hydrogen-bond acceptors (Lipinski definition) is 4. The standard InChI is InChI=1S/C17H17NO5S/c19-17(20)12-23-14-6-8-15(9-7-14)24(21,22)18-11-10-16(18)13-4-2-1-3-5-13/h1-9,16H,10-12H2,(H,19,20). The highest BCUT2D eigenvalue weighted by atomic mass is 32.2. The van der Waals surface area contributed by atoms with Gasteiger partial charge in [0.15, 0.2) is 6.61 Å². The zero-order valence-electron chi connectivity index (χ0n) is 12.8. The minimum absolute atomic E-state index is 0.140. The molecule has 1 atom stereocenters. The Labute approximate surface area is 140 Å². The van der Waals surface area contributed by atoms with E-state index in [0.717, 1.165) is 12.0 Å². The SMILES string of the molecule is O=C(O)COc1ccc(S(=O)(=O)N2CCC2c2ccccc2)cc1. The summed E-state index contributed by atoms with van der Waals surface area (Å²) in [6.07, 6.45) is 0.795. The van der Waals surface area contributed by atoms with E-state index in [1.165, 1.54) is 28.6 Å². The maximum absolute atomic E-state index is 12.8. The third-order valence-electron chi connectivity index (χ3n) is 3.95. The van der Waals surface area contributed by atoms with Crippen molar-refractivity contribution in [3.05, 3.63) is 60.2 Å². The molecule has 2 aromatic carbocycles. The fourth-order valence-electron chi connectivity index (χ4n) is 2.65. The van der Waals surface area contributed by atoms with Crippen molar-refractivity contribution in [2.45, 2.75) is 17.4 Å². The van der Waals surface area contributed by atoms with Gasteiger partial charge in [0, 0.05) is 6.54 Å². The maximum atomic E-state index is 12.8. The molecule has 1 heterocycles. The summed E-state index contributed by atoms with van der Waals surface area (Å²) < 4.78 is 32.0. The maximum Gasteiger partial charge on any atom is 0.341 e. The van der Waals surface area contributed by atoms with E-state index in [2.05, 4.69) is 0 Å². The Morgan fingerprint density at radius 1 is 1.12 bits per heavy atom. The van der Waals surface area contributed by atoms with Crippen LogP contribution in [-0.2, 0) is 14.8 Å². The van der Waals surface area contributed by atoms with Crippen molar-refractivity contribution < 1.29 is 23.1 Å². The zero-order chi connectivity index (χ0) is 17.2. The number of carboxylic acids is 1. The third kappa shape index (κ3) is 3.27. The van der Waals surface area contributed by atoms with Crippen molar-refractivity contribution in [2.75, 3.05) is 13.2 Å². The molecule has 0 radical (unpaired) electrons. The molecule has 1 aliphatic rings. The number of hydrogen-bond donors (Lipinski definition) is 1. The van der Waals surface area contributed by atoms with Gasteiger partial charge in [0.1, 0.15) is 5.75 Å². The average Bonchev–Trinajstić information content (AvgIpc) is 2.53. The highest BCUT2D eigenvalue weighted by Gasteiger charge is 2.39. The fourth-order valence-corrected chi connectivity index (χ4v) is 4.31. The largest absolute Gasteiger partial charge is 0.482 e. The van der Waals surface area contributed by atoms with Crippen molar-refractivity contribution in [2.24, 2.45) is 0 Å². The molecule has 6 nitrogen and oxygen atoms in total. The van der Waals surface area contributed by atoms with Crippen molar-refractivity contribution in [3.8, 4) is 5.75 Å². The summed E-state index contributed by atoms with van der Waals surface area (Å²) in [5.74, 6) is -0.766. The Morgan fingerprint density at radius 3 is 2.33 bits per heavy atom. The number of aliphatic carboxylic acids is 1. The topological polar surface area (TPSA) is 83.9 Å². The second-order valence-electron chi connectivity index (χ2n) is 5.48. The van der Waals surface area contributed by atoms with Gasteiger partial charge in [-0.15, -0.1) is 0 Å². The van der Waals surface area contributed by atoms with Crippen LogP contribution in [0.1, 0.15) is 18.0 Å². The van der Waals surface area contributed by atoms with Crippen LogP contribution in [0.25, 0.3) is 0 Å². The molecule has 126 valence electrons. The van der Waals surface area contributed by atoms with Gasteiger partial charge >= 0.3 is 5.97 Å². The van der Waals surface area contributed by atoms with Crippen molar-refractivity contribution in [3.63, 3.8) is 0 Å². The quantitative estimate of drug-likeness (QED) is 0.867. The molecule has 1 unspecified atom stereocenters. The molecule has 0 aromatic heterocycles. The molecule has 1 fully saturated rings. The van der Waals surface area contributed by atoms with Crippen LogP contribution in [0.5, 0.6) is 5.75 Å². The highest BCUT2D eigenvalue weighted by molar-refractivity contribution is 7.89. The summed E-state index contributed by atoms with van der Waals surface area (Å²) in [5, 5.41) is 8.58. The first-order chi connectivity index (χ1) is 11.5. The van der Waals surface area contributed by atoms with E-state index < -0.39 is 22.6 Å². The number of carboxylic acid groups (broad SMARTS) is 1. The summed E-state index contributed by atoms with van der Waals surface area (Å²) in [7, 11) is -3.59. The first-order valence-corrected chi connectivity index (χ1v) is 8.94. The summed E-state index contributed by atoms with van der Waals surface area (Å²) >= 11 is 0. The van der Waals surface area contributed by atoms with E-state index in [0.29, 0.717) is 12.3 Å². The monoisotopic (exact) mass is 347 g/mol. The fraction of sp³-hybridized carbons (Fsp3) is 0.235. The number of sulfonamides is 1. The predicted molar refractivity (Wildman–Crippen MR) is 87.3 cm³/mol. The van der Waals surface area contributed by atoms with Gasteiger partial charge in [-0.25, -0.2) is 13.2 Å². The lowest BCUT2D eigenvalue weighted by Crippen LogP contribution is -2.44. The van der Waals surface area contributed by atoms with Crippen LogP contribution in [0.2, 0.25) is 0 Å². The number of rotatable bonds is 6. The molecule has 1 aliphatic heterocycles. The number of benzene rings is 2. The van der Waals surface area contributed by atoms with Gasteiger partial charge in [-0.1, -0.05) is 30.3 Å². The van der Waals surface area contributed by atoms with E-state index in [1.807, 2.05) is 30.3 Å². The van der Waals surface area contributed by atoms with E-state index in [9.17, 15) is 13.2 Å². The second kappa shape index (κ2) is 6.62. The lowest BCUT2D eigenvalue weighted by Gasteiger charge is -2.40. The molecule has 3 rings (SSSR count). The molecule has 1 N–H and O–H groups in total. The number of ether oxygens (including phenoxy) is 1. The Bertz CT molecular complexity index is 818. The molecular weight excluding hydrogens is 330 g/mol. The van der Waals surface area contributed by atoms with E-state index in [1.54, 1.807) is 0 Å². The van der Waals surface area contributed by atoms with Crippen LogP contribution in [-0.4, -0.2) is 37.0 Å². The highest BCUT2D eigenvalue weighted by Crippen LogP contribution is 2.38. The molecule has 0 bridgehead atoms. The van der Waals surface area contributed by atoms with Crippen LogP contribution < -0.4 is 4.74 Å². The summed E-state index contributed by atoms with van der Waals surface area (Å²) in [4.78, 5) is 10.6. The smallest absolute Gasteiger partial charge is 0.341 e. The van der Waals surface area contributed by atoms with E-state index in [4.69, 9.17) is 9.84 Å². The zero-order valence-corrected chi connectivity index (χ0v) is 13.6. The van der Waals surface area contributed by atoms with Crippen LogP contribution >= 0.6 is 0 Å². The lowest BCUT2D eigenvalue weighted by molar-refractivity contribution is -0.139. The number of nitrogens with zero attached hydrogens (tertiary/aromatic N) is 1. The molecule has 0 aliphatic carbocycles. The molecular formula is C17H17NO5S. The van der Waals surface area contributed by atoms with Gasteiger partial charge in [-0.2, -0.15) is 4.31 Å². The first-order valence-electron chi connectivity index (χ1n) is 7.50. The van der Waals surface area contributed by atoms with Crippen molar-refractivity contribution in [1.82, 2.24) is 4.31 Å². The van der Waals surface area contributed by atoms with Gasteiger partial charge in [-0.3, -0.25) is 0 Å². The van der Waals surface area contributed by atoms with Gasteiger partial charge in [0.2, 0.25) is 10.0 Å². The molecule has 0 spiro atoms. The second-order valence-corrected chi connectivity index (χ2v) is 7.38. The third-order valence-corrected chi connectivity index (χ3v) is 5.87. The van der Waals surface area contributed by atoms with Crippen LogP contribution in [0, 0.1) is 0 Å². The summed E-state index contributed by atoms with van der Waals surface area (Å²) in [5.41, 5.74) is 0.980. The number of carbonyl (C=O) groups is 1. The molecule has 2 aromatic rings. The van der Waals surface area contributed by atoms with Crippen LogP contribution in [0.4, 0.5) is 0 Å². The van der Waals surface area contributed by atoms with Gasteiger partial charge in [0.25, 0.3) is 0 Å². The van der Waals surface area contributed by atoms with Gasteiger partial charge < -0.3 is 9.84 Å². The summed E-state index contributed by atoms with van der Waals surface area (Å²) in [6, 6.07) is 15.2. The van der Waals surface area contributed by atoms with E-state index >= 15 is 0 Å². The lowest BCUT2D eigenvalue weighted by atomic mass is 9.98. The molecule has 0 amide bonds. The Kier molecular flexibility index (Phi) is 4.55. The molecule has 24 heavy (non-hydrogen) atoms. The van der Waals surface area contributed by atoms with Crippen LogP contribution in [0.15, 0.2) is 59.5 Å².